The first-order chi connectivity index (χ1) is 27.2. The fraction of sp³-hybridized carbons (Fsp3) is 0.341. The van der Waals surface area contributed by atoms with Gasteiger partial charge in [0.2, 0.25) is 5.02 Å². The van der Waals surface area contributed by atoms with Gasteiger partial charge in [-0.25, -0.2) is 18.7 Å². The van der Waals surface area contributed by atoms with Crippen LogP contribution >= 0.6 is 0 Å². The van der Waals surface area contributed by atoms with Crippen LogP contribution in [0.3, 0.4) is 0 Å². The Morgan fingerprint density at radius 2 is 1.53 bits per heavy atom. The zero-order valence-corrected chi connectivity index (χ0v) is 33.1. The number of ether oxygens (including phenoxy) is 1. The number of carbonyl (C=O) groups is 2. The molecule has 3 aromatic carbocycles. The Labute approximate surface area is 334 Å². The lowest BCUT2D eigenvalue weighted by Gasteiger charge is -2.38. The average molecular weight is 793 g/mol. The standard InChI is InChI=1S/C44H44ClF2N7O3/c1-42(2,3)37(53-41(56)43(4)19-20-44(46,47)25-57-43)39-50-24-34(52-39)29-16-12-27(13-17-29)26-10-14-28(15-11-26)33-23-49-38(51-33)35-9-6-22-54(35)40(55)36-31-7-5-8-32(45)30(31)18-21-48-36/h5,7-8,10-18,21,23-24,35,37,45H,6,9,19-20,22,25H2,1-4H3,(H2-,48,49,50,51,52,53,55,56)/p+1/t35?,37-,43?/m1/s1. The molecule has 2 saturated heterocycles. The van der Waals surface area contributed by atoms with Crippen LogP contribution in [0.2, 0.25) is 5.02 Å². The monoisotopic (exact) mass is 792 g/mol. The number of imidazole rings is 2. The molecule has 2 aliphatic heterocycles. The quantitative estimate of drug-likeness (QED) is 0.141. The zero-order valence-electron chi connectivity index (χ0n) is 32.2. The summed E-state index contributed by atoms with van der Waals surface area (Å²) in [5.41, 5.74) is 4.25. The molecule has 13 heteroatoms. The minimum Gasteiger partial charge on any atom is -0.359 e. The summed E-state index contributed by atoms with van der Waals surface area (Å²) in [5, 5.41) is 5.34. The number of hydrogen-bond donors (Lipinski definition) is 3. The topological polar surface area (TPSA) is 129 Å². The molecule has 0 bridgehead atoms. The van der Waals surface area contributed by atoms with E-state index in [-0.39, 0.29) is 18.4 Å². The number of nitrogens with one attached hydrogen (secondary N) is 3. The average Bonchev–Trinajstić information content (AvgIpc) is 4.00. The highest BCUT2D eigenvalue weighted by Gasteiger charge is 2.47. The number of H-pyrrole nitrogens is 2. The Hall–Kier alpha value is -5.46. The van der Waals surface area contributed by atoms with Gasteiger partial charge in [-0.1, -0.05) is 81.4 Å². The van der Waals surface area contributed by atoms with Crippen LogP contribution in [0.15, 0.2) is 91.4 Å². The van der Waals surface area contributed by atoms with Crippen molar-refractivity contribution in [3.05, 3.63) is 114 Å². The Kier molecular flexibility index (Phi) is 9.98. The van der Waals surface area contributed by atoms with E-state index >= 15 is 0 Å². The molecule has 3 N–H and O–H groups in total. The molecule has 2 unspecified atom stereocenters. The van der Waals surface area contributed by atoms with Gasteiger partial charge in [-0.05, 0) is 59.9 Å². The number of hydrogen-bond acceptors (Lipinski definition) is 6. The Morgan fingerprint density at radius 3 is 2.18 bits per heavy atom. The van der Waals surface area contributed by atoms with Crippen molar-refractivity contribution in [2.75, 3.05) is 13.2 Å². The van der Waals surface area contributed by atoms with Gasteiger partial charge in [-0.2, -0.15) is 0 Å². The SMILES string of the molecule is CC1(C(=O)N[C@H](c2ncc(-c3ccc(-c4ccc(-c5cnc(C6CCCN6C(=O)c6nccc7c([ClH+])cccc67)[nH]5)cc4)cc3)[nH]2)C(C)(C)C)CCC(F)(F)CO1. The van der Waals surface area contributed by atoms with Gasteiger partial charge in [0.1, 0.15) is 29.6 Å². The summed E-state index contributed by atoms with van der Waals surface area (Å²) >= 11 is 5.49. The second-order valence-corrected chi connectivity index (χ2v) is 16.8. The fourth-order valence-electron chi connectivity index (χ4n) is 7.73. The van der Waals surface area contributed by atoms with Crippen LogP contribution < -0.4 is 5.32 Å². The molecule has 6 aromatic rings. The maximum atomic E-state index is 13.8. The number of amides is 2. The molecule has 2 fully saturated rings. The van der Waals surface area contributed by atoms with E-state index in [1.807, 2.05) is 80.4 Å². The van der Waals surface area contributed by atoms with Crippen LogP contribution in [0.5, 0.6) is 0 Å². The third-order valence-corrected chi connectivity index (χ3v) is 11.5. The number of likely N-dealkylation sites (tertiary alicyclic amines) is 1. The molecule has 8 rings (SSSR count). The molecule has 294 valence electrons. The number of halogens is 3. The minimum atomic E-state index is -2.93. The Balaban J connectivity index is 0.937. The molecule has 3 aromatic heterocycles. The number of carbonyl (C=O) groups excluding carboxylic acids is 2. The fourth-order valence-corrected chi connectivity index (χ4v) is 7.99. The second-order valence-electron chi connectivity index (χ2n) is 16.3. The van der Waals surface area contributed by atoms with E-state index in [1.54, 1.807) is 19.3 Å². The summed E-state index contributed by atoms with van der Waals surface area (Å²) in [6.07, 6.45) is 6.40. The van der Waals surface area contributed by atoms with Crippen molar-refractivity contribution in [3.63, 3.8) is 0 Å². The maximum absolute atomic E-state index is 13.8. The second kappa shape index (κ2) is 14.8. The lowest BCUT2D eigenvalue weighted by Crippen LogP contribution is -2.54. The third-order valence-electron chi connectivity index (χ3n) is 11.2. The van der Waals surface area contributed by atoms with Crippen molar-refractivity contribution in [2.45, 2.75) is 77.0 Å². The van der Waals surface area contributed by atoms with Crippen molar-refractivity contribution >= 4 is 22.6 Å². The number of aromatic amines is 2. The normalized spacial score (nSPS) is 20.1. The number of rotatable bonds is 8. The summed E-state index contributed by atoms with van der Waals surface area (Å²) in [4.78, 5) is 49.7. The highest BCUT2D eigenvalue weighted by atomic mass is 35.5. The lowest BCUT2D eigenvalue weighted by atomic mass is 9.85. The predicted molar refractivity (Wildman–Crippen MR) is 211 cm³/mol. The molecule has 57 heavy (non-hydrogen) atoms. The van der Waals surface area contributed by atoms with Gasteiger partial charge >= 0.3 is 0 Å². The molecule has 0 saturated carbocycles. The number of aromatic nitrogens is 5. The first-order valence-electron chi connectivity index (χ1n) is 19.2. The number of alkyl halides is 2. The zero-order chi connectivity index (χ0) is 40.1. The summed E-state index contributed by atoms with van der Waals surface area (Å²) in [6.45, 7) is 7.36. The van der Waals surface area contributed by atoms with Crippen molar-refractivity contribution < 1.29 is 34.7 Å². The van der Waals surface area contributed by atoms with Crippen LogP contribution in [0.1, 0.15) is 87.6 Å². The minimum absolute atomic E-state index is 0.0722. The number of fused-ring (bicyclic) bond motifs is 1. The van der Waals surface area contributed by atoms with Gasteiger partial charge in [0.25, 0.3) is 17.7 Å². The van der Waals surface area contributed by atoms with E-state index in [4.69, 9.17) is 21.3 Å². The molecule has 0 spiro atoms. The van der Waals surface area contributed by atoms with Gasteiger partial charge in [0.15, 0.2) is 11.6 Å². The van der Waals surface area contributed by atoms with Crippen molar-refractivity contribution in [1.82, 2.24) is 35.1 Å². The maximum Gasteiger partial charge on any atom is 0.273 e. The van der Waals surface area contributed by atoms with Crippen LogP contribution in [0.4, 0.5) is 8.78 Å². The van der Waals surface area contributed by atoms with Crippen LogP contribution in [-0.4, -0.2) is 66.3 Å². The van der Waals surface area contributed by atoms with E-state index in [2.05, 4.69) is 49.5 Å². The summed E-state index contributed by atoms with van der Waals surface area (Å²) < 4.78 is 32.9. The van der Waals surface area contributed by atoms with Crippen LogP contribution in [-0.2, 0) is 9.53 Å². The molecule has 5 heterocycles. The van der Waals surface area contributed by atoms with E-state index in [1.165, 1.54) is 0 Å². The summed E-state index contributed by atoms with van der Waals surface area (Å²) in [5.74, 6) is -2.17. The van der Waals surface area contributed by atoms with E-state index in [0.29, 0.717) is 23.1 Å². The number of pyridine rings is 1. The van der Waals surface area contributed by atoms with E-state index < -0.39 is 41.9 Å². The molecule has 0 aliphatic carbocycles. The number of nitrogens with zero attached hydrogens (tertiary/aromatic N) is 4. The van der Waals surface area contributed by atoms with Gasteiger partial charge in [0, 0.05) is 30.6 Å². The van der Waals surface area contributed by atoms with Crippen molar-refractivity contribution in [1.29, 1.82) is 0 Å². The molecule has 2 aliphatic rings. The van der Waals surface area contributed by atoms with Gasteiger partial charge in [-0.3, -0.25) is 14.6 Å². The van der Waals surface area contributed by atoms with Gasteiger partial charge < -0.3 is 24.9 Å². The summed E-state index contributed by atoms with van der Waals surface area (Å²) in [7, 11) is 0. The molecule has 3 atom stereocenters. The van der Waals surface area contributed by atoms with Crippen LogP contribution in [0.25, 0.3) is 44.4 Å². The van der Waals surface area contributed by atoms with E-state index in [0.717, 1.165) is 63.1 Å². The first kappa shape index (κ1) is 38.4. The highest BCUT2D eigenvalue weighted by molar-refractivity contribution is 6.06. The molecule has 2 amide bonds. The van der Waals surface area contributed by atoms with Crippen molar-refractivity contribution in [2.24, 2.45) is 5.41 Å². The molecule has 0 radical (unpaired) electrons. The lowest BCUT2D eigenvalue weighted by molar-refractivity contribution is -0.286. The van der Waals surface area contributed by atoms with Gasteiger partial charge in [-0.15, -0.1) is 0 Å². The number of benzene rings is 3. The van der Waals surface area contributed by atoms with E-state index in [9.17, 15) is 18.4 Å². The molecule has 10 nitrogen and oxygen atoms in total. The van der Waals surface area contributed by atoms with Crippen molar-refractivity contribution in [3.8, 4) is 33.6 Å². The Bertz CT molecular complexity index is 2430. The largest absolute Gasteiger partial charge is 0.359 e. The van der Waals surface area contributed by atoms with Gasteiger partial charge in [0.05, 0.1) is 41.3 Å². The highest BCUT2D eigenvalue weighted by Crippen LogP contribution is 2.38. The third kappa shape index (κ3) is 7.68. The molecular formula is C44H45ClF2N7O3+. The predicted octanol–water partition coefficient (Wildman–Crippen LogP) is 8.76. The Morgan fingerprint density at radius 1 is 0.877 bits per heavy atom. The van der Waals surface area contributed by atoms with Crippen LogP contribution in [0, 0.1) is 17.0 Å². The smallest absolute Gasteiger partial charge is 0.273 e. The summed E-state index contributed by atoms with van der Waals surface area (Å²) in [6, 6.07) is 23.1. The first-order valence-corrected chi connectivity index (χ1v) is 19.6. The molecular weight excluding hydrogens is 748 g/mol.